The topological polar surface area (TPSA) is 142 Å². The fraction of sp³-hybridized carbons (Fsp3) is 1.00. The molecule has 16 heavy (non-hydrogen) atoms. The second-order valence-corrected chi connectivity index (χ2v) is 4.18. The third-order valence-corrected chi connectivity index (χ3v) is 3.11. The minimum Gasteiger partial charge on any atom is -0.396 e. The standard InChI is InChI=1S/C9H18O7/c10-3-1-2-9(16)7(14)5(12)4(11)6(13)8(9)15/h4-8,10-16H,1-3H2/t4-,5?,6?,7?,8?,9-. The van der Waals surface area contributed by atoms with Gasteiger partial charge in [0.15, 0.2) is 0 Å². The average Bonchev–Trinajstić information content (AvgIpc) is 2.29. The predicted molar refractivity (Wildman–Crippen MR) is 51.3 cm³/mol. The molecule has 4 atom stereocenters. The molecule has 0 aromatic heterocycles. The fourth-order valence-electron chi connectivity index (χ4n) is 2.00. The van der Waals surface area contributed by atoms with E-state index in [0.29, 0.717) is 0 Å². The van der Waals surface area contributed by atoms with E-state index < -0.39 is 36.1 Å². The second-order valence-electron chi connectivity index (χ2n) is 4.18. The first-order valence-corrected chi connectivity index (χ1v) is 5.10. The number of aliphatic hydroxyl groups is 7. The quantitative estimate of drug-likeness (QED) is 0.268. The van der Waals surface area contributed by atoms with Crippen molar-refractivity contribution >= 4 is 0 Å². The molecule has 0 heterocycles. The molecule has 0 amide bonds. The maximum atomic E-state index is 9.96. The monoisotopic (exact) mass is 238 g/mol. The molecule has 1 rings (SSSR count). The van der Waals surface area contributed by atoms with Crippen LogP contribution in [0.15, 0.2) is 0 Å². The maximum absolute atomic E-state index is 9.96. The summed E-state index contributed by atoms with van der Waals surface area (Å²) in [6, 6.07) is 0. The lowest BCUT2D eigenvalue weighted by molar-refractivity contribution is -0.270. The molecule has 0 saturated heterocycles. The van der Waals surface area contributed by atoms with E-state index in [9.17, 15) is 30.6 Å². The van der Waals surface area contributed by atoms with Crippen molar-refractivity contribution in [1.29, 1.82) is 0 Å². The van der Waals surface area contributed by atoms with Gasteiger partial charge in [0.25, 0.3) is 0 Å². The van der Waals surface area contributed by atoms with Crippen LogP contribution in [0, 0.1) is 0 Å². The molecule has 7 nitrogen and oxygen atoms in total. The first-order chi connectivity index (χ1) is 7.36. The van der Waals surface area contributed by atoms with Gasteiger partial charge in [-0.3, -0.25) is 0 Å². The Morgan fingerprint density at radius 3 is 1.62 bits per heavy atom. The predicted octanol–water partition coefficient (Wildman–Crippen LogP) is -3.69. The summed E-state index contributed by atoms with van der Waals surface area (Å²) in [5, 5.41) is 65.7. The van der Waals surface area contributed by atoms with Gasteiger partial charge in [0.05, 0.1) is 0 Å². The SMILES string of the molecule is OCCC[C@]1(O)C(O)C(O)[C@H](O)C(O)C1O. The first-order valence-electron chi connectivity index (χ1n) is 5.10. The van der Waals surface area contributed by atoms with Crippen LogP contribution in [-0.4, -0.2) is 78.5 Å². The molecule has 1 aliphatic rings. The normalized spacial score (nSPS) is 49.3. The molecule has 0 spiro atoms. The molecule has 1 saturated carbocycles. The van der Waals surface area contributed by atoms with Crippen molar-refractivity contribution in [3.63, 3.8) is 0 Å². The minimum absolute atomic E-state index is 0.0835. The molecule has 0 radical (unpaired) electrons. The Bertz CT molecular complexity index is 218. The van der Waals surface area contributed by atoms with Crippen molar-refractivity contribution in [2.24, 2.45) is 0 Å². The van der Waals surface area contributed by atoms with Gasteiger partial charge in [0, 0.05) is 6.61 Å². The molecule has 0 aromatic rings. The highest BCUT2D eigenvalue weighted by atomic mass is 16.4. The van der Waals surface area contributed by atoms with Gasteiger partial charge in [-0.05, 0) is 12.8 Å². The lowest BCUT2D eigenvalue weighted by Gasteiger charge is -2.47. The number of rotatable bonds is 3. The molecule has 0 aliphatic heterocycles. The van der Waals surface area contributed by atoms with E-state index in [1.165, 1.54) is 0 Å². The summed E-state index contributed by atoms with van der Waals surface area (Å²) in [6.07, 6.45) is -8.91. The zero-order chi connectivity index (χ0) is 12.5. The van der Waals surface area contributed by atoms with E-state index in [1.807, 2.05) is 0 Å². The Kier molecular flexibility index (Phi) is 4.24. The Morgan fingerprint density at radius 2 is 1.25 bits per heavy atom. The van der Waals surface area contributed by atoms with Crippen molar-refractivity contribution in [1.82, 2.24) is 0 Å². The van der Waals surface area contributed by atoms with E-state index in [1.54, 1.807) is 0 Å². The van der Waals surface area contributed by atoms with Crippen molar-refractivity contribution in [2.75, 3.05) is 6.61 Å². The van der Waals surface area contributed by atoms with Crippen molar-refractivity contribution in [3.05, 3.63) is 0 Å². The van der Waals surface area contributed by atoms with Gasteiger partial charge in [0.1, 0.15) is 36.1 Å². The summed E-state index contributed by atoms with van der Waals surface area (Å²) >= 11 is 0. The summed E-state index contributed by atoms with van der Waals surface area (Å²) in [7, 11) is 0. The molecule has 7 heteroatoms. The fourth-order valence-corrected chi connectivity index (χ4v) is 2.00. The van der Waals surface area contributed by atoms with Gasteiger partial charge in [-0.1, -0.05) is 0 Å². The Balaban J connectivity index is 2.88. The van der Waals surface area contributed by atoms with E-state index >= 15 is 0 Å². The van der Waals surface area contributed by atoms with Crippen LogP contribution < -0.4 is 0 Å². The van der Waals surface area contributed by atoms with Crippen LogP contribution in [0.4, 0.5) is 0 Å². The number of hydrogen-bond acceptors (Lipinski definition) is 7. The van der Waals surface area contributed by atoms with Crippen molar-refractivity contribution in [3.8, 4) is 0 Å². The van der Waals surface area contributed by atoms with E-state index in [2.05, 4.69) is 0 Å². The molecular formula is C9H18O7. The second kappa shape index (κ2) is 4.92. The molecule has 1 fully saturated rings. The number of hydrogen-bond donors (Lipinski definition) is 7. The van der Waals surface area contributed by atoms with Gasteiger partial charge < -0.3 is 35.7 Å². The van der Waals surface area contributed by atoms with Crippen molar-refractivity contribution in [2.45, 2.75) is 49.0 Å². The summed E-state index contributed by atoms with van der Waals surface area (Å²) < 4.78 is 0. The van der Waals surface area contributed by atoms with Gasteiger partial charge in [-0.15, -0.1) is 0 Å². The summed E-state index contributed by atoms with van der Waals surface area (Å²) in [6.45, 7) is -0.267. The van der Waals surface area contributed by atoms with Gasteiger partial charge in [-0.25, -0.2) is 0 Å². The third-order valence-electron chi connectivity index (χ3n) is 3.11. The minimum atomic E-state index is -2.14. The van der Waals surface area contributed by atoms with Crippen LogP contribution in [0.5, 0.6) is 0 Å². The Morgan fingerprint density at radius 1 is 0.812 bits per heavy atom. The highest BCUT2D eigenvalue weighted by molar-refractivity contribution is 5.08. The highest BCUT2D eigenvalue weighted by Crippen LogP contribution is 2.33. The zero-order valence-electron chi connectivity index (χ0n) is 8.64. The lowest BCUT2D eigenvalue weighted by Crippen LogP contribution is -2.70. The van der Waals surface area contributed by atoms with Crippen LogP contribution in [0.3, 0.4) is 0 Å². The molecule has 96 valence electrons. The van der Waals surface area contributed by atoms with E-state index in [0.717, 1.165) is 0 Å². The lowest BCUT2D eigenvalue weighted by atomic mass is 9.72. The molecule has 1 aliphatic carbocycles. The Hall–Kier alpha value is -0.280. The van der Waals surface area contributed by atoms with Crippen LogP contribution in [0.1, 0.15) is 12.8 Å². The van der Waals surface area contributed by atoms with Crippen LogP contribution in [0.2, 0.25) is 0 Å². The molecular weight excluding hydrogens is 220 g/mol. The van der Waals surface area contributed by atoms with E-state index in [-0.39, 0.29) is 19.4 Å². The summed E-state index contributed by atoms with van der Waals surface area (Å²) in [4.78, 5) is 0. The Labute approximate surface area is 92.2 Å². The third kappa shape index (κ3) is 2.07. The first kappa shape index (κ1) is 13.8. The molecule has 4 unspecified atom stereocenters. The summed E-state index contributed by atoms with van der Waals surface area (Å²) in [5.74, 6) is 0. The molecule has 0 bridgehead atoms. The van der Waals surface area contributed by atoms with Crippen LogP contribution in [0.25, 0.3) is 0 Å². The maximum Gasteiger partial charge on any atom is 0.122 e. The van der Waals surface area contributed by atoms with Gasteiger partial charge in [0.2, 0.25) is 0 Å². The van der Waals surface area contributed by atoms with E-state index in [4.69, 9.17) is 5.11 Å². The summed E-state index contributed by atoms with van der Waals surface area (Å²) in [5.41, 5.74) is -2.14. The average molecular weight is 238 g/mol. The van der Waals surface area contributed by atoms with Crippen LogP contribution >= 0.6 is 0 Å². The molecule has 0 aromatic carbocycles. The smallest absolute Gasteiger partial charge is 0.122 e. The van der Waals surface area contributed by atoms with Crippen LogP contribution in [-0.2, 0) is 0 Å². The van der Waals surface area contributed by atoms with Gasteiger partial charge >= 0.3 is 0 Å². The zero-order valence-corrected chi connectivity index (χ0v) is 8.64. The van der Waals surface area contributed by atoms with Crippen molar-refractivity contribution < 1.29 is 35.7 Å². The highest BCUT2D eigenvalue weighted by Gasteiger charge is 2.56. The van der Waals surface area contributed by atoms with Gasteiger partial charge in [-0.2, -0.15) is 0 Å². The number of aliphatic hydroxyl groups excluding tert-OH is 6. The molecule has 7 N–H and O–H groups in total. The largest absolute Gasteiger partial charge is 0.396 e.